The van der Waals surface area contributed by atoms with Gasteiger partial charge in [-0.3, -0.25) is 10.1 Å². The van der Waals surface area contributed by atoms with Gasteiger partial charge in [-0.1, -0.05) is 22.8 Å². The minimum Gasteiger partial charge on any atom is -0.410 e. The van der Waals surface area contributed by atoms with E-state index in [1.807, 2.05) is 0 Å². The summed E-state index contributed by atoms with van der Waals surface area (Å²) in [5.41, 5.74) is 0.261. The van der Waals surface area contributed by atoms with Crippen LogP contribution in [0.15, 0.2) is 28.6 Å². The Kier molecular flexibility index (Phi) is 4.76. The average Bonchev–Trinajstić information content (AvgIpc) is 2.11. The van der Waals surface area contributed by atoms with E-state index in [2.05, 4.69) is 5.16 Å². The summed E-state index contributed by atoms with van der Waals surface area (Å²) >= 11 is 5.30. The first kappa shape index (κ1) is 11.6. The fourth-order valence-corrected chi connectivity index (χ4v) is 0.703. The third kappa shape index (κ3) is 3.71. The lowest BCUT2D eigenvalue weighted by Gasteiger charge is -1.95. The van der Waals surface area contributed by atoms with Crippen molar-refractivity contribution in [3.63, 3.8) is 0 Å². The van der Waals surface area contributed by atoms with Crippen LogP contribution in [0.2, 0.25) is 0 Å². The van der Waals surface area contributed by atoms with E-state index >= 15 is 0 Å². The molecule has 0 fully saturated rings. The standard InChI is InChI=1S/C7H9ClN2O3/c1-3-5(2)6(10(12)13)4-7(8)9-11/h3-4,11H,1-2H3/b5-3-,6-4+,9-7-. The van der Waals surface area contributed by atoms with Crippen molar-refractivity contribution in [3.8, 4) is 0 Å². The van der Waals surface area contributed by atoms with Crippen LogP contribution in [0.5, 0.6) is 0 Å². The third-order valence-corrected chi connectivity index (χ3v) is 1.57. The second kappa shape index (κ2) is 5.31. The lowest BCUT2D eigenvalue weighted by atomic mass is 10.2. The van der Waals surface area contributed by atoms with E-state index < -0.39 is 4.92 Å². The van der Waals surface area contributed by atoms with Gasteiger partial charge in [0.1, 0.15) is 0 Å². The number of rotatable bonds is 3. The molecule has 0 heterocycles. The van der Waals surface area contributed by atoms with Gasteiger partial charge in [0.2, 0.25) is 0 Å². The van der Waals surface area contributed by atoms with Crippen molar-refractivity contribution in [2.24, 2.45) is 5.16 Å². The van der Waals surface area contributed by atoms with Gasteiger partial charge in [-0.15, -0.1) is 0 Å². The molecule has 0 aromatic heterocycles. The molecule has 0 aliphatic rings. The molecule has 0 aliphatic carbocycles. The Morgan fingerprint density at radius 1 is 1.69 bits per heavy atom. The Morgan fingerprint density at radius 2 is 2.23 bits per heavy atom. The molecule has 0 aliphatic heterocycles. The summed E-state index contributed by atoms with van der Waals surface area (Å²) in [5.74, 6) is 0. The summed E-state index contributed by atoms with van der Waals surface area (Å²) in [6.07, 6.45) is 2.55. The zero-order valence-electron chi connectivity index (χ0n) is 7.19. The summed E-state index contributed by atoms with van der Waals surface area (Å²) in [6.45, 7) is 3.23. The van der Waals surface area contributed by atoms with E-state index in [9.17, 15) is 10.1 Å². The number of nitrogens with zero attached hydrogens (tertiary/aromatic N) is 2. The van der Waals surface area contributed by atoms with Crippen LogP contribution >= 0.6 is 11.6 Å². The summed E-state index contributed by atoms with van der Waals surface area (Å²) in [4.78, 5) is 9.86. The van der Waals surface area contributed by atoms with Crippen LogP contribution in [0.25, 0.3) is 0 Å². The second-order valence-electron chi connectivity index (χ2n) is 2.18. The molecule has 0 radical (unpaired) electrons. The van der Waals surface area contributed by atoms with Crippen molar-refractivity contribution in [1.29, 1.82) is 0 Å². The number of halogens is 1. The van der Waals surface area contributed by atoms with E-state index in [4.69, 9.17) is 16.8 Å². The van der Waals surface area contributed by atoms with Gasteiger partial charge >= 0.3 is 0 Å². The van der Waals surface area contributed by atoms with Gasteiger partial charge in [0.25, 0.3) is 5.70 Å². The van der Waals surface area contributed by atoms with Crippen molar-refractivity contribution in [2.45, 2.75) is 13.8 Å². The molecule has 6 heteroatoms. The molecule has 0 spiro atoms. The Hall–Kier alpha value is -1.36. The predicted molar refractivity (Wildman–Crippen MR) is 49.6 cm³/mol. The smallest absolute Gasteiger partial charge is 0.275 e. The lowest BCUT2D eigenvalue weighted by Crippen LogP contribution is -2.02. The van der Waals surface area contributed by atoms with Crippen LogP contribution in [0, 0.1) is 10.1 Å². The second-order valence-corrected chi connectivity index (χ2v) is 2.57. The summed E-state index contributed by atoms with van der Waals surface area (Å²) in [6, 6.07) is 0. The number of nitro groups is 1. The maximum atomic E-state index is 10.5. The van der Waals surface area contributed by atoms with Crippen molar-refractivity contribution in [3.05, 3.63) is 33.5 Å². The molecule has 0 bridgehead atoms. The molecular formula is C7H9ClN2O3. The fourth-order valence-electron chi connectivity index (χ4n) is 0.600. The third-order valence-electron chi connectivity index (χ3n) is 1.39. The Morgan fingerprint density at radius 3 is 2.54 bits per heavy atom. The van der Waals surface area contributed by atoms with E-state index in [1.54, 1.807) is 19.9 Å². The van der Waals surface area contributed by atoms with E-state index in [0.29, 0.717) is 5.57 Å². The highest BCUT2D eigenvalue weighted by atomic mass is 35.5. The number of allylic oxidation sites excluding steroid dienone is 3. The maximum absolute atomic E-state index is 10.5. The molecule has 0 unspecified atom stereocenters. The minimum atomic E-state index is -0.594. The summed E-state index contributed by atoms with van der Waals surface area (Å²) in [7, 11) is 0. The molecule has 13 heavy (non-hydrogen) atoms. The largest absolute Gasteiger partial charge is 0.410 e. The van der Waals surface area contributed by atoms with Gasteiger partial charge in [0.05, 0.1) is 11.0 Å². The van der Waals surface area contributed by atoms with Crippen LogP contribution in [0.1, 0.15) is 13.8 Å². The Balaban J connectivity index is 5.04. The molecule has 0 aromatic carbocycles. The topological polar surface area (TPSA) is 75.7 Å². The van der Waals surface area contributed by atoms with Crippen LogP contribution in [0.4, 0.5) is 0 Å². The van der Waals surface area contributed by atoms with Gasteiger partial charge in [0, 0.05) is 5.57 Å². The molecule has 0 amide bonds. The Labute approximate surface area is 80.1 Å². The Bertz CT molecular complexity index is 294. The molecule has 5 nitrogen and oxygen atoms in total. The zero-order chi connectivity index (χ0) is 10.4. The molecule has 0 saturated carbocycles. The first-order chi connectivity index (χ1) is 6.02. The molecule has 0 atom stereocenters. The highest BCUT2D eigenvalue weighted by Crippen LogP contribution is 2.10. The zero-order valence-corrected chi connectivity index (χ0v) is 7.95. The van der Waals surface area contributed by atoms with Gasteiger partial charge in [0.15, 0.2) is 5.17 Å². The first-order valence-electron chi connectivity index (χ1n) is 3.39. The lowest BCUT2D eigenvalue weighted by molar-refractivity contribution is -0.420. The quantitative estimate of drug-likeness (QED) is 0.252. The van der Waals surface area contributed by atoms with E-state index in [0.717, 1.165) is 6.08 Å². The highest BCUT2D eigenvalue weighted by Gasteiger charge is 2.13. The predicted octanol–water partition coefficient (Wildman–Crippen LogP) is 2.14. The molecule has 1 N–H and O–H groups in total. The van der Waals surface area contributed by atoms with Crippen LogP contribution in [0.3, 0.4) is 0 Å². The minimum absolute atomic E-state index is 0.190. The van der Waals surface area contributed by atoms with Crippen LogP contribution in [-0.2, 0) is 0 Å². The van der Waals surface area contributed by atoms with Gasteiger partial charge in [-0.25, -0.2) is 0 Å². The normalized spacial score (nSPS) is 14.5. The van der Waals surface area contributed by atoms with Crippen molar-refractivity contribution >= 4 is 16.8 Å². The van der Waals surface area contributed by atoms with Crippen LogP contribution < -0.4 is 0 Å². The summed E-state index contributed by atoms with van der Waals surface area (Å²) < 4.78 is 0. The van der Waals surface area contributed by atoms with E-state index in [-0.39, 0.29) is 10.9 Å². The number of oxime groups is 1. The summed E-state index contributed by atoms with van der Waals surface area (Å²) in [5, 5.41) is 20.9. The average molecular weight is 205 g/mol. The van der Waals surface area contributed by atoms with Gasteiger partial charge in [-0.2, -0.15) is 0 Å². The molecule has 0 saturated heterocycles. The van der Waals surface area contributed by atoms with Crippen molar-refractivity contribution < 1.29 is 10.1 Å². The van der Waals surface area contributed by atoms with Crippen molar-refractivity contribution in [1.82, 2.24) is 0 Å². The number of hydrogen-bond donors (Lipinski definition) is 1. The fraction of sp³-hybridized carbons (Fsp3) is 0.286. The highest BCUT2D eigenvalue weighted by molar-refractivity contribution is 6.68. The molecule has 0 aromatic rings. The van der Waals surface area contributed by atoms with Gasteiger partial charge < -0.3 is 5.21 Å². The first-order valence-corrected chi connectivity index (χ1v) is 3.77. The monoisotopic (exact) mass is 204 g/mol. The molecule has 0 rings (SSSR count). The maximum Gasteiger partial charge on any atom is 0.275 e. The number of hydrogen-bond acceptors (Lipinski definition) is 4. The SMILES string of the molecule is C\C=C(C)/C(=C\C(Cl)=N\O)[N+](=O)[O-]. The molecular weight excluding hydrogens is 196 g/mol. The van der Waals surface area contributed by atoms with E-state index in [1.165, 1.54) is 0 Å². The molecule has 72 valence electrons. The van der Waals surface area contributed by atoms with Gasteiger partial charge in [-0.05, 0) is 13.8 Å². The van der Waals surface area contributed by atoms with Crippen LogP contribution in [-0.4, -0.2) is 15.3 Å². The van der Waals surface area contributed by atoms with Crippen molar-refractivity contribution in [2.75, 3.05) is 0 Å².